The number of nitrogens with zero attached hydrogens (tertiary/aromatic N) is 1. The Morgan fingerprint density at radius 1 is 1.03 bits per heavy atom. The molecule has 31 heavy (non-hydrogen) atoms. The number of ether oxygens (including phenoxy) is 3. The Labute approximate surface area is 178 Å². The highest BCUT2D eigenvalue weighted by molar-refractivity contribution is 6.15. The maximum Gasteiger partial charge on any atom is 0.269 e. The number of carbonyl (C=O) groups is 1. The van der Waals surface area contributed by atoms with Crippen LogP contribution in [0.15, 0.2) is 66.4 Å². The number of Topliss-reactive ketones (excluding diaryl/α,β-unsaturated/α-hetero) is 1. The van der Waals surface area contributed by atoms with E-state index in [2.05, 4.69) is 0 Å². The summed E-state index contributed by atoms with van der Waals surface area (Å²) in [4.78, 5) is 23.1. The summed E-state index contributed by atoms with van der Waals surface area (Å²) in [6.07, 6.45) is 1.57. The predicted molar refractivity (Wildman–Crippen MR) is 115 cm³/mol. The fourth-order valence-corrected chi connectivity index (χ4v) is 3.29. The van der Waals surface area contributed by atoms with Crippen LogP contribution in [-0.4, -0.2) is 17.8 Å². The molecule has 0 aromatic heterocycles. The van der Waals surface area contributed by atoms with E-state index in [1.54, 1.807) is 37.5 Å². The van der Waals surface area contributed by atoms with E-state index in [1.807, 2.05) is 31.2 Å². The van der Waals surface area contributed by atoms with Crippen LogP contribution in [0.5, 0.6) is 17.2 Å². The van der Waals surface area contributed by atoms with Gasteiger partial charge in [0.25, 0.3) is 5.69 Å². The van der Waals surface area contributed by atoms with Gasteiger partial charge in [-0.2, -0.15) is 0 Å². The summed E-state index contributed by atoms with van der Waals surface area (Å²) in [5.74, 6) is 1.74. The second-order valence-corrected chi connectivity index (χ2v) is 7.04. The average Bonchev–Trinajstić information content (AvgIpc) is 3.08. The SMILES string of the molecule is COc1ccc(COc2cc(C)c3c(c2)O/C(=C\c2ccc([N+](=O)[O-])cc2)C3=O)cc1. The van der Waals surface area contributed by atoms with Gasteiger partial charge in [-0.15, -0.1) is 0 Å². The fourth-order valence-electron chi connectivity index (χ4n) is 3.29. The Morgan fingerprint density at radius 3 is 2.39 bits per heavy atom. The lowest BCUT2D eigenvalue weighted by molar-refractivity contribution is -0.384. The molecular formula is C24H19NO6. The normalized spacial score (nSPS) is 13.6. The minimum atomic E-state index is -0.471. The topological polar surface area (TPSA) is 87.9 Å². The second kappa shape index (κ2) is 8.31. The third kappa shape index (κ3) is 4.25. The fraction of sp³-hybridized carbons (Fsp3) is 0.125. The van der Waals surface area contributed by atoms with Crippen molar-refractivity contribution in [1.82, 2.24) is 0 Å². The van der Waals surface area contributed by atoms with Gasteiger partial charge >= 0.3 is 0 Å². The minimum absolute atomic E-state index is 0.0152. The van der Waals surface area contributed by atoms with E-state index in [9.17, 15) is 14.9 Å². The second-order valence-electron chi connectivity index (χ2n) is 7.04. The molecule has 1 heterocycles. The number of hydrogen-bond donors (Lipinski definition) is 0. The molecule has 0 fully saturated rings. The van der Waals surface area contributed by atoms with E-state index < -0.39 is 4.92 Å². The molecule has 1 aliphatic heterocycles. The van der Waals surface area contributed by atoms with Crippen LogP contribution in [0.25, 0.3) is 6.08 Å². The highest BCUT2D eigenvalue weighted by atomic mass is 16.6. The first-order chi connectivity index (χ1) is 14.9. The largest absolute Gasteiger partial charge is 0.497 e. The van der Waals surface area contributed by atoms with Crippen molar-refractivity contribution in [3.63, 3.8) is 0 Å². The number of fused-ring (bicyclic) bond motifs is 1. The Hall–Kier alpha value is -4.13. The minimum Gasteiger partial charge on any atom is -0.497 e. The first kappa shape index (κ1) is 20.2. The first-order valence-electron chi connectivity index (χ1n) is 9.53. The van der Waals surface area contributed by atoms with Gasteiger partial charge in [-0.05, 0) is 60.0 Å². The van der Waals surface area contributed by atoms with Crippen LogP contribution in [0, 0.1) is 17.0 Å². The maximum absolute atomic E-state index is 12.8. The number of nitro benzene ring substituents is 1. The van der Waals surface area contributed by atoms with Gasteiger partial charge in [-0.25, -0.2) is 0 Å². The molecule has 0 atom stereocenters. The molecular weight excluding hydrogens is 398 g/mol. The van der Waals surface area contributed by atoms with Crippen molar-refractivity contribution in [2.24, 2.45) is 0 Å². The van der Waals surface area contributed by atoms with Crippen molar-refractivity contribution in [3.05, 3.63) is 98.8 Å². The molecule has 1 aliphatic rings. The number of nitro groups is 1. The third-order valence-corrected chi connectivity index (χ3v) is 4.91. The standard InChI is InChI=1S/C24H19NO6/c1-15-11-20(30-14-17-5-9-19(29-2)10-6-17)13-21-23(15)24(26)22(31-21)12-16-3-7-18(8-4-16)25(27)28/h3-13H,14H2,1-2H3/b22-12-. The summed E-state index contributed by atoms with van der Waals surface area (Å²) in [5, 5.41) is 10.8. The van der Waals surface area contributed by atoms with Crippen LogP contribution < -0.4 is 14.2 Å². The van der Waals surface area contributed by atoms with E-state index in [4.69, 9.17) is 14.2 Å². The summed E-state index contributed by atoms with van der Waals surface area (Å²) in [7, 11) is 1.62. The molecule has 0 amide bonds. The van der Waals surface area contributed by atoms with E-state index in [-0.39, 0.29) is 17.2 Å². The van der Waals surface area contributed by atoms with E-state index in [1.165, 1.54) is 12.1 Å². The van der Waals surface area contributed by atoms with Gasteiger partial charge in [0.1, 0.15) is 23.9 Å². The van der Waals surface area contributed by atoms with Crippen molar-refractivity contribution in [2.45, 2.75) is 13.5 Å². The smallest absolute Gasteiger partial charge is 0.269 e. The molecule has 0 bridgehead atoms. The van der Waals surface area contributed by atoms with Gasteiger partial charge < -0.3 is 14.2 Å². The van der Waals surface area contributed by atoms with Crippen molar-refractivity contribution in [2.75, 3.05) is 7.11 Å². The number of allylic oxidation sites excluding steroid dienone is 1. The van der Waals surface area contributed by atoms with Gasteiger partial charge in [0.05, 0.1) is 17.6 Å². The molecule has 0 spiro atoms. The van der Waals surface area contributed by atoms with E-state index >= 15 is 0 Å². The van der Waals surface area contributed by atoms with Gasteiger partial charge in [0.15, 0.2) is 5.76 Å². The van der Waals surface area contributed by atoms with Crippen molar-refractivity contribution in [1.29, 1.82) is 0 Å². The summed E-state index contributed by atoms with van der Waals surface area (Å²) < 4.78 is 16.8. The molecule has 0 saturated carbocycles. The highest BCUT2D eigenvalue weighted by Crippen LogP contribution is 2.37. The van der Waals surface area contributed by atoms with Crippen molar-refractivity contribution >= 4 is 17.5 Å². The van der Waals surface area contributed by atoms with Crippen molar-refractivity contribution < 1.29 is 23.9 Å². The lowest BCUT2D eigenvalue weighted by atomic mass is 10.0. The molecule has 3 aromatic rings. The quantitative estimate of drug-likeness (QED) is 0.315. The van der Waals surface area contributed by atoms with Gasteiger partial charge in [-0.3, -0.25) is 14.9 Å². The number of hydrogen-bond acceptors (Lipinski definition) is 6. The van der Waals surface area contributed by atoms with Crippen LogP contribution in [-0.2, 0) is 6.61 Å². The number of benzene rings is 3. The van der Waals surface area contributed by atoms with E-state index in [0.29, 0.717) is 29.2 Å². The summed E-state index contributed by atoms with van der Waals surface area (Å²) in [6, 6.07) is 17.0. The van der Waals surface area contributed by atoms with Crippen molar-refractivity contribution in [3.8, 4) is 17.2 Å². The molecule has 4 rings (SSSR count). The number of carbonyl (C=O) groups excluding carboxylic acids is 1. The van der Waals surface area contributed by atoms with E-state index in [0.717, 1.165) is 16.9 Å². The molecule has 0 unspecified atom stereocenters. The van der Waals surface area contributed by atoms with Crippen LogP contribution in [0.2, 0.25) is 0 Å². The van der Waals surface area contributed by atoms with Gasteiger partial charge in [0, 0.05) is 18.2 Å². The third-order valence-electron chi connectivity index (χ3n) is 4.91. The average molecular weight is 417 g/mol. The Bertz CT molecular complexity index is 1180. The zero-order chi connectivity index (χ0) is 22.0. The molecule has 0 saturated heterocycles. The van der Waals surface area contributed by atoms with Gasteiger partial charge in [0.2, 0.25) is 5.78 Å². The molecule has 7 nitrogen and oxygen atoms in total. The Morgan fingerprint density at radius 2 is 1.74 bits per heavy atom. The Kier molecular flexibility index (Phi) is 5.41. The van der Waals surface area contributed by atoms with Crippen LogP contribution in [0.3, 0.4) is 0 Å². The molecule has 156 valence electrons. The summed E-state index contributed by atoms with van der Waals surface area (Å²) in [5.41, 5.74) is 2.84. The van der Waals surface area contributed by atoms with Crippen LogP contribution in [0.4, 0.5) is 5.69 Å². The molecule has 0 radical (unpaired) electrons. The Balaban J connectivity index is 1.52. The monoisotopic (exact) mass is 417 g/mol. The first-order valence-corrected chi connectivity index (χ1v) is 9.53. The summed E-state index contributed by atoms with van der Waals surface area (Å²) in [6.45, 7) is 2.19. The zero-order valence-electron chi connectivity index (χ0n) is 17.0. The lowest BCUT2D eigenvalue weighted by Crippen LogP contribution is -2.00. The van der Waals surface area contributed by atoms with Gasteiger partial charge in [-0.1, -0.05) is 12.1 Å². The molecule has 0 aliphatic carbocycles. The number of non-ortho nitro benzene ring substituents is 1. The molecule has 7 heteroatoms. The predicted octanol–water partition coefficient (Wildman–Crippen LogP) is 5.11. The molecule has 3 aromatic carbocycles. The van der Waals surface area contributed by atoms with Crippen LogP contribution in [0.1, 0.15) is 27.0 Å². The number of rotatable bonds is 6. The highest BCUT2D eigenvalue weighted by Gasteiger charge is 2.30. The summed E-state index contributed by atoms with van der Waals surface area (Å²) >= 11 is 0. The lowest BCUT2D eigenvalue weighted by Gasteiger charge is -2.09. The molecule has 0 N–H and O–H groups in total. The van der Waals surface area contributed by atoms with Crippen LogP contribution >= 0.6 is 0 Å². The number of aryl methyl sites for hydroxylation is 1. The number of ketones is 1. The number of methoxy groups -OCH3 is 1. The zero-order valence-corrected chi connectivity index (χ0v) is 17.0. The maximum atomic E-state index is 12.8.